The molecule has 0 amide bonds. The summed E-state index contributed by atoms with van der Waals surface area (Å²) in [4.78, 5) is 8.88. The number of hydrogen-bond acceptors (Lipinski definition) is 7. The Kier molecular flexibility index (Phi) is 10.1. The van der Waals surface area contributed by atoms with E-state index >= 15 is 0 Å². The predicted octanol–water partition coefficient (Wildman–Crippen LogP) is 6.21. The van der Waals surface area contributed by atoms with Gasteiger partial charge < -0.3 is 18.8 Å². The Bertz CT molecular complexity index is 1640. The van der Waals surface area contributed by atoms with Crippen LogP contribution in [0.1, 0.15) is 5.56 Å². The molecule has 0 fully saturated rings. The largest absolute Gasteiger partial charge is 0.497 e. The molecular formula is C29H34ClFN4O5SSi. The van der Waals surface area contributed by atoms with Crippen molar-refractivity contribution in [3.63, 3.8) is 0 Å². The van der Waals surface area contributed by atoms with Gasteiger partial charge in [-0.2, -0.15) is 0 Å². The normalized spacial score (nSPS) is 12.0. The lowest BCUT2D eigenvalue weighted by molar-refractivity contribution is 0.0882. The van der Waals surface area contributed by atoms with Crippen molar-refractivity contribution < 1.29 is 27.0 Å². The van der Waals surface area contributed by atoms with Crippen molar-refractivity contribution in [3.05, 3.63) is 77.3 Å². The number of sulfonamides is 1. The molecule has 224 valence electrons. The van der Waals surface area contributed by atoms with E-state index in [4.69, 9.17) is 30.8 Å². The van der Waals surface area contributed by atoms with Gasteiger partial charge in [0.25, 0.3) is 0 Å². The van der Waals surface area contributed by atoms with Gasteiger partial charge in [-0.05, 0) is 42.4 Å². The highest BCUT2D eigenvalue weighted by Gasteiger charge is 2.20. The first kappa shape index (κ1) is 31.6. The first-order valence-corrected chi connectivity index (χ1v) is 18.7. The topological polar surface area (TPSA) is 105 Å². The van der Waals surface area contributed by atoms with Crippen molar-refractivity contribution in [1.29, 1.82) is 0 Å². The van der Waals surface area contributed by atoms with Crippen molar-refractivity contribution in [1.82, 2.24) is 19.3 Å². The fourth-order valence-corrected chi connectivity index (χ4v) is 6.15. The summed E-state index contributed by atoms with van der Waals surface area (Å²) in [5, 5.41) is 0.197. The quantitative estimate of drug-likeness (QED) is 0.138. The highest BCUT2D eigenvalue weighted by Crippen LogP contribution is 2.32. The molecule has 13 heteroatoms. The van der Waals surface area contributed by atoms with E-state index in [0.29, 0.717) is 46.4 Å². The average Bonchev–Trinajstić information content (AvgIpc) is 3.37. The van der Waals surface area contributed by atoms with Gasteiger partial charge in [-0.3, -0.25) is 0 Å². The molecule has 0 spiro atoms. The van der Waals surface area contributed by atoms with Gasteiger partial charge in [0.2, 0.25) is 10.0 Å². The zero-order chi connectivity index (χ0) is 30.5. The number of ether oxygens (including phenoxy) is 3. The van der Waals surface area contributed by atoms with Crippen LogP contribution >= 0.6 is 11.6 Å². The number of aromatic nitrogens is 3. The molecular weight excluding hydrogens is 599 g/mol. The number of benzene rings is 2. The van der Waals surface area contributed by atoms with Crippen molar-refractivity contribution in [2.24, 2.45) is 0 Å². The molecule has 0 radical (unpaired) electrons. The Morgan fingerprint density at radius 1 is 1.02 bits per heavy atom. The summed E-state index contributed by atoms with van der Waals surface area (Å²) in [5.41, 5.74) is 2.13. The SMILES string of the molecule is COc1ccc(CNS(=O)(=O)c2ccc(-c3cn(COCC[Si](C)(C)C)c(-c4ccc(F)cn4)n3)c(Cl)c2)c(OC)c1. The van der Waals surface area contributed by atoms with E-state index in [2.05, 4.69) is 29.3 Å². The molecule has 42 heavy (non-hydrogen) atoms. The first-order valence-electron chi connectivity index (χ1n) is 13.2. The fraction of sp³-hybridized carbons (Fsp3) is 0.310. The van der Waals surface area contributed by atoms with Gasteiger partial charge in [-0.15, -0.1) is 0 Å². The van der Waals surface area contributed by atoms with E-state index in [-0.39, 0.29) is 23.2 Å². The lowest BCUT2D eigenvalue weighted by atomic mass is 10.2. The van der Waals surface area contributed by atoms with E-state index < -0.39 is 23.9 Å². The van der Waals surface area contributed by atoms with E-state index in [0.717, 1.165) is 12.2 Å². The molecule has 0 aliphatic carbocycles. The second-order valence-electron chi connectivity index (χ2n) is 10.8. The highest BCUT2D eigenvalue weighted by molar-refractivity contribution is 7.89. The monoisotopic (exact) mass is 632 g/mol. The molecule has 2 heterocycles. The van der Waals surface area contributed by atoms with Crippen LogP contribution in [0.5, 0.6) is 11.5 Å². The minimum Gasteiger partial charge on any atom is -0.497 e. The van der Waals surface area contributed by atoms with Crippen LogP contribution in [0, 0.1) is 5.82 Å². The zero-order valence-corrected chi connectivity index (χ0v) is 26.7. The molecule has 2 aromatic carbocycles. The standard InChI is InChI=1S/C29H34ClFN4O5SSi/c1-38-22-8-6-20(28(14-22)39-2)16-33-41(36,37)23-9-10-24(25(30)15-23)27-18-35(19-40-12-13-42(3,4)5)29(34-27)26-11-7-21(31)17-32-26/h6-11,14-15,17-18,33H,12-13,16,19H2,1-5H3. The number of nitrogens with zero attached hydrogens (tertiary/aromatic N) is 3. The second-order valence-corrected chi connectivity index (χ2v) is 18.6. The van der Waals surface area contributed by atoms with Gasteiger partial charge in [-0.25, -0.2) is 27.5 Å². The third kappa shape index (κ3) is 7.95. The van der Waals surface area contributed by atoms with E-state index in [9.17, 15) is 12.8 Å². The third-order valence-electron chi connectivity index (χ3n) is 6.43. The third-order valence-corrected chi connectivity index (χ3v) is 9.85. The lowest BCUT2D eigenvalue weighted by Gasteiger charge is -2.16. The van der Waals surface area contributed by atoms with Gasteiger partial charge in [-0.1, -0.05) is 37.3 Å². The van der Waals surface area contributed by atoms with Gasteiger partial charge in [0.05, 0.1) is 36.0 Å². The molecule has 0 saturated heterocycles. The maximum Gasteiger partial charge on any atom is 0.240 e. The maximum atomic E-state index is 13.5. The number of rotatable bonds is 13. The molecule has 0 unspecified atom stereocenters. The van der Waals surface area contributed by atoms with Gasteiger partial charge in [0.1, 0.15) is 29.7 Å². The summed E-state index contributed by atoms with van der Waals surface area (Å²) in [5.74, 6) is 1.11. The van der Waals surface area contributed by atoms with Crippen molar-refractivity contribution in [2.45, 2.75) is 43.9 Å². The number of nitrogens with one attached hydrogen (secondary N) is 1. The molecule has 0 bridgehead atoms. The molecule has 4 aromatic rings. The summed E-state index contributed by atoms with van der Waals surface area (Å²) in [6.45, 7) is 7.65. The summed E-state index contributed by atoms with van der Waals surface area (Å²) < 4.78 is 60.6. The Labute approximate surface area is 251 Å². The van der Waals surface area contributed by atoms with Crippen molar-refractivity contribution in [3.8, 4) is 34.3 Å². The number of methoxy groups -OCH3 is 2. The Morgan fingerprint density at radius 2 is 1.81 bits per heavy atom. The van der Waals surface area contributed by atoms with Crippen LogP contribution in [-0.2, 0) is 28.0 Å². The second kappa shape index (κ2) is 13.3. The summed E-state index contributed by atoms with van der Waals surface area (Å²) >= 11 is 6.61. The van der Waals surface area contributed by atoms with Crippen LogP contribution in [0.2, 0.25) is 30.7 Å². The van der Waals surface area contributed by atoms with E-state index in [1.807, 2.05) is 0 Å². The van der Waals surface area contributed by atoms with Gasteiger partial charge in [0, 0.05) is 44.6 Å². The van der Waals surface area contributed by atoms with Crippen LogP contribution in [-0.4, -0.2) is 51.9 Å². The number of pyridine rings is 1. The molecule has 0 aliphatic rings. The number of imidazole rings is 1. The molecule has 4 rings (SSSR count). The number of halogens is 2. The van der Waals surface area contributed by atoms with E-state index in [1.165, 1.54) is 25.3 Å². The number of hydrogen-bond donors (Lipinski definition) is 1. The molecule has 0 atom stereocenters. The van der Waals surface area contributed by atoms with Crippen LogP contribution in [0.15, 0.2) is 65.8 Å². The van der Waals surface area contributed by atoms with Crippen LogP contribution in [0.3, 0.4) is 0 Å². The average molecular weight is 633 g/mol. The minimum absolute atomic E-state index is 0.00161. The smallest absolute Gasteiger partial charge is 0.240 e. The molecule has 2 aromatic heterocycles. The lowest BCUT2D eigenvalue weighted by Crippen LogP contribution is -2.23. The van der Waals surface area contributed by atoms with Crippen molar-refractivity contribution in [2.75, 3.05) is 20.8 Å². The Balaban J connectivity index is 1.57. The fourth-order valence-electron chi connectivity index (χ4n) is 4.02. The molecule has 0 saturated carbocycles. The highest BCUT2D eigenvalue weighted by atomic mass is 35.5. The van der Waals surface area contributed by atoms with Gasteiger partial charge >= 0.3 is 0 Å². The molecule has 1 N–H and O–H groups in total. The van der Waals surface area contributed by atoms with Gasteiger partial charge in [0.15, 0.2) is 5.82 Å². The summed E-state index contributed by atoms with van der Waals surface area (Å²) in [6, 6.07) is 13.4. The van der Waals surface area contributed by atoms with E-state index in [1.54, 1.807) is 48.2 Å². The minimum atomic E-state index is -3.91. The van der Waals surface area contributed by atoms with Crippen LogP contribution in [0.4, 0.5) is 4.39 Å². The molecule has 0 aliphatic heterocycles. The zero-order valence-electron chi connectivity index (χ0n) is 24.1. The summed E-state index contributed by atoms with van der Waals surface area (Å²) in [7, 11) is -2.14. The predicted molar refractivity (Wildman–Crippen MR) is 164 cm³/mol. The maximum absolute atomic E-state index is 13.5. The van der Waals surface area contributed by atoms with Crippen molar-refractivity contribution >= 4 is 29.7 Å². The van der Waals surface area contributed by atoms with Crippen LogP contribution in [0.25, 0.3) is 22.8 Å². The Hall–Kier alpha value is -3.29. The first-order chi connectivity index (χ1) is 19.9. The summed E-state index contributed by atoms with van der Waals surface area (Å²) in [6.07, 6.45) is 2.89. The molecule has 9 nitrogen and oxygen atoms in total. The van der Waals surface area contributed by atoms with Crippen LogP contribution < -0.4 is 14.2 Å². The Morgan fingerprint density at radius 3 is 2.45 bits per heavy atom.